The molecule has 2 fully saturated rings. The van der Waals surface area contributed by atoms with Gasteiger partial charge in [-0.25, -0.2) is 0 Å². The molecule has 2 N–H and O–H groups in total. The first kappa shape index (κ1) is 11.3. The number of rotatable bonds is 2. The molecular formula is C12H15N3O3. The van der Waals surface area contributed by atoms with E-state index in [0.29, 0.717) is 12.2 Å². The number of nitro groups is 1. The van der Waals surface area contributed by atoms with E-state index in [9.17, 15) is 10.1 Å². The summed E-state index contributed by atoms with van der Waals surface area (Å²) >= 11 is 0. The lowest BCUT2D eigenvalue weighted by molar-refractivity contribution is -0.383. The van der Waals surface area contributed by atoms with Gasteiger partial charge in [0, 0.05) is 24.8 Å². The van der Waals surface area contributed by atoms with Gasteiger partial charge in [0.05, 0.1) is 17.1 Å². The molecule has 0 radical (unpaired) electrons. The Morgan fingerprint density at radius 1 is 1.33 bits per heavy atom. The van der Waals surface area contributed by atoms with E-state index in [0.717, 1.165) is 31.6 Å². The number of ether oxygens (including phenoxy) is 1. The predicted molar refractivity (Wildman–Crippen MR) is 67.6 cm³/mol. The number of morpholine rings is 1. The maximum atomic E-state index is 10.7. The molecule has 2 aliphatic rings. The van der Waals surface area contributed by atoms with E-state index in [1.165, 1.54) is 6.07 Å². The molecular weight excluding hydrogens is 234 g/mol. The van der Waals surface area contributed by atoms with Crippen LogP contribution in [0.4, 0.5) is 17.1 Å². The number of anilines is 2. The Bertz CT molecular complexity index is 479. The molecule has 1 aromatic rings. The van der Waals surface area contributed by atoms with Crippen molar-refractivity contribution < 1.29 is 9.66 Å². The average Bonchev–Trinajstić information content (AvgIpc) is 2.67. The molecule has 2 aliphatic heterocycles. The highest BCUT2D eigenvalue weighted by Gasteiger charge is 2.34. The van der Waals surface area contributed by atoms with Crippen molar-refractivity contribution in [1.82, 2.24) is 0 Å². The fourth-order valence-corrected chi connectivity index (χ4v) is 2.73. The van der Waals surface area contributed by atoms with Crippen LogP contribution in [0.1, 0.15) is 12.8 Å². The van der Waals surface area contributed by atoms with Crippen LogP contribution in [-0.4, -0.2) is 30.2 Å². The maximum absolute atomic E-state index is 10.7. The highest BCUT2D eigenvalue weighted by Crippen LogP contribution is 2.32. The van der Waals surface area contributed by atoms with Crippen LogP contribution in [0.5, 0.6) is 0 Å². The summed E-state index contributed by atoms with van der Waals surface area (Å²) < 4.78 is 5.76. The van der Waals surface area contributed by atoms with Gasteiger partial charge in [0.25, 0.3) is 5.69 Å². The Hall–Kier alpha value is -1.82. The lowest BCUT2D eigenvalue weighted by Gasteiger charge is -2.33. The quantitative estimate of drug-likeness (QED) is 0.488. The largest absolute Gasteiger partial charge is 0.393 e. The van der Waals surface area contributed by atoms with Gasteiger partial charge in [-0.3, -0.25) is 10.1 Å². The summed E-state index contributed by atoms with van der Waals surface area (Å²) in [6.07, 6.45) is 2.79. The first-order valence-electron chi connectivity index (χ1n) is 6.08. The third kappa shape index (κ3) is 1.88. The summed E-state index contributed by atoms with van der Waals surface area (Å²) in [5, 5.41) is 10.7. The van der Waals surface area contributed by atoms with E-state index in [4.69, 9.17) is 10.5 Å². The van der Waals surface area contributed by atoms with E-state index in [1.807, 2.05) is 0 Å². The summed E-state index contributed by atoms with van der Waals surface area (Å²) in [6.45, 7) is 1.68. The van der Waals surface area contributed by atoms with Crippen molar-refractivity contribution in [1.29, 1.82) is 0 Å². The monoisotopic (exact) mass is 249 g/mol. The van der Waals surface area contributed by atoms with Gasteiger partial charge < -0.3 is 15.4 Å². The second kappa shape index (κ2) is 4.13. The molecule has 2 bridgehead atoms. The summed E-state index contributed by atoms with van der Waals surface area (Å²) in [5.41, 5.74) is 6.84. The molecule has 0 amide bonds. The van der Waals surface area contributed by atoms with E-state index in [2.05, 4.69) is 4.90 Å². The molecule has 3 rings (SSSR count). The van der Waals surface area contributed by atoms with Crippen LogP contribution in [0.2, 0.25) is 0 Å². The van der Waals surface area contributed by atoms with Crippen molar-refractivity contribution in [2.45, 2.75) is 25.0 Å². The van der Waals surface area contributed by atoms with Crippen LogP contribution in [0, 0.1) is 10.1 Å². The second-order valence-corrected chi connectivity index (χ2v) is 4.86. The molecule has 6 nitrogen and oxygen atoms in total. The predicted octanol–water partition coefficient (Wildman–Crippen LogP) is 1.54. The minimum Gasteiger partial charge on any atom is -0.393 e. The second-order valence-electron chi connectivity index (χ2n) is 4.86. The molecule has 0 aliphatic carbocycles. The highest BCUT2D eigenvalue weighted by atomic mass is 16.6. The molecule has 0 aromatic heterocycles. The zero-order valence-electron chi connectivity index (χ0n) is 9.91. The van der Waals surface area contributed by atoms with Gasteiger partial charge in [-0.1, -0.05) is 0 Å². The maximum Gasteiger partial charge on any atom is 0.292 e. The van der Waals surface area contributed by atoms with Gasteiger partial charge in [0.2, 0.25) is 0 Å². The number of hydrogen-bond acceptors (Lipinski definition) is 5. The Kier molecular flexibility index (Phi) is 2.59. The number of nitrogens with two attached hydrogens (primary N) is 1. The normalized spacial score (nSPS) is 26.3. The molecule has 2 atom stereocenters. The number of benzene rings is 1. The van der Waals surface area contributed by atoms with Crippen LogP contribution in [-0.2, 0) is 4.74 Å². The lowest BCUT2D eigenvalue weighted by Crippen LogP contribution is -2.42. The van der Waals surface area contributed by atoms with Crippen LogP contribution in [0.25, 0.3) is 0 Å². The van der Waals surface area contributed by atoms with Gasteiger partial charge in [-0.05, 0) is 25.0 Å². The highest BCUT2D eigenvalue weighted by molar-refractivity contribution is 5.66. The first-order valence-corrected chi connectivity index (χ1v) is 6.08. The number of nitro benzene ring substituents is 1. The molecule has 0 spiro atoms. The third-order valence-corrected chi connectivity index (χ3v) is 3.62. The minimum atomic E-state index is -0.456. The van der Waals surface area contributed by atoms with Crippen molar-refractivity contribution in [3.63, 3.8) is 0 Å². The standard InChI is InChI=1S/C12H15N3O3/c13-11-5-8(1-4-12(11)15(16)17)14-6-9-2-3-10(7-14)18-9/h1,4-5,9-10H,2-3,6-7,13H2. The molecule has 2 saturated heterocycles. The molecule has 6 heteroatoms. The zero-order valence-corrected chi connectivity index (χ0v) is 9.91. The number of fused-ring (bicyclic) bond motifs is 2. The molecule has 0 saturated carbocycles. The number of nitrogen functional groups attached to an aromatic ring is 1. The Balaban J connectivity index is 1.84. The minimum absolute atomic E-state index is 0.0324. The van der Waals surface area contributed by atoms with Crippen LogP contribution in [0.15, 0.2) is 18.2 Å². The van der Waals surface area contributed by atoms with Gasteiger partial charge in [0.1, 0.15) is 5.69 Å². The van der Waals surface area contributed by atoms with Crippen molar-refractivity contribution in [2.75, 3.05) is 23.7 Å². The van der Waals surface area contributed by atoms with E-state index >= 15 is 0 Å². The average molecular weight is 249 g/mol. The number of hydrogen-bond donors (Lipinski definition) is 1. The Morgan fingerprint density at radius 3 is 2.56 bits per heavy atom. The van der Waals surface area contributed by atoms with Crippen LogP contribution < -0.4 is 10.6 Å². The van der Waals surface area contributed by atoms with Crippen LogP contribution in [0.3, 0.4) is 0 Å². The Morgan fingerprint density at radius 2 is 2.00 bits per heavy atom. The summed E-state index contributed by atoms with van der Waals surface area (Å²) in [7, 11) is 0. The van der Waals surface area contributed by atoms with E-state index in [1.54, 1.807) is 12.1 Å². The van der Waals surface area contributed by atoms with Gasteiger partial charge in [-0.2, -0.15) is 0 Å². The fourth-order valence-electron chi connectivity index (χ4n) is 2.73. The van der Waals surface area contributed by atoms with E-state index in [-0.39, 0.29) is 11.4 Å². The van der Waals surface area contributed by atoms with Crippen LogP contribution >= 0.6 is 0 Å². The van der Waals surface area contributed by atoms with Gasteiger partial charge in [-0.15, -0.1) is 0 Å². The fraction of sp³-hybridized carbons (Fsp3) is 0.500. The molecule has 2 unspecified atom stereocenters. The van der Waals surface area contributed by atoms with Crippen molar-refractivity contribution in [3.8, 4) is 0 Å². The smallest absolute Gasteiger partial charge is 0.292 e. The summed E-state index contributed by atoms with van der Waals surface area (Å²) in [4.78, 5) is 12.5. The van der Waals surface area contributed by atoms with Gasteiger partial charge in [0.15, 0.2) is 0 Å². The van der Waals surface area contributed by atoms with Crippen molar-refractivity contribution in [2.24, 2.45) is 0 Å². The van der Waals surface area contributed by atoms with Crippen molar-refractivity contribution in [3.05, 3.63) is 28.3 Å². The zero-order chi connectivity index (χ0) is 12.7. The topological polar surface area (TPSA) is 81.6 Å². The molecule has 18 heavy (non-hydrogen) atoms. The van der Waals surface area contributed by atoms with Crippen molar-refractivity contribution >= 4 is 17.1 Å². The summed E-state index contributed by atoms with van der Waals surface area (Å²) in [6, 6.07) is 4.92. The van der Waals surface area contributed by atoms with E-state index < -0.39 is 4.92 Å². The number of nitrogens with zero attached hydrogens (tertiary/aromatic N) is 2. The Labute approximate surface area is 104 Å². The lowest BCUT2D eigenvalue weighted by atomic mass is 10.2. The third-order valence-electron chi connectivity index (χ3n) is 3.62. The molecule has 1 aromatic carbocycles. The summed E-state index contributed by atoms with van der Waals surface area (Å²) in [5.74, 6) is 0. The van der Waals surface area contributed by atoms with Gasteiger partial charge >= 0.3 is 0 Å². The molecule has 96 valence electrons. The first-order chi connectivity index (χ1) is 8.63. The molecule has 2 heterocycles. The SMILES string of the molecule is Nc1cc(N2CC3CCC(C2)O3)ccc1[N+](=O)[O-].